The van der Waals surface area contributed by atoms with Gasteiger partial charge in [0, 0.05) is 10.7 Å². The third kappa shape index (κ3) is 4.25. The molecule has 2 rings (SSSR count). The van der Waals surface area contributed by atoms with Gasteiger partial charge < -0.3 is 20.2 Å². The van der Waals surface area contributed by atoms with Gasteiger partial charge in [-0.05, 0) is 30.3 Å². The van der Waals surface area contributed by atoms with E-state index in [9.17, 15) is 9.59 Å². The van der Waals surface area contributed by atoms with Gasteiger partial charge in [-0.3, -0.25) is 4.79 Å². The Morgan fingerprint density at radius 2 is 2.14 bits per heavy atom. The quantitative estimate of drug-likeness (QED) is 0.650. The molecular formula is C14H13ClN2O4. The SMILES string of the molecule is Nc1ccc(Cl)cc1C(=O)OCC(=O)NCc1ccco1. The summed E-state index contributed by atoms with van der Waals surface area (Å²) in [5.74, 6) is -0.544. The average molecular weight is 309 g/mol. The van der Waals surface area contributed by atoms with Gasteiger partial charge in [0.2, 0.25) is 0 Å². The summed E-state index contributed by atoms with van der Waals surface area (Å²) >= 11 is 5.78. The zero-order chi connectivity index (χ0) is 15.2. The third-order valence-electron chi connectivity index (χ3n) is 2.61. The Balaban J connectivity index is 1.83. The number of nitrogen functional groups attached to an aromatic ring is 1. The van der Waals surface area contributed by atoms with Crippen LogP contribution in [0.1, 0.15) is 16.1 Å². The van der Waals surface area contributed by atoms with Crippen LogP contribution in [-0.4, -0.2) is 18.5 Å². The first-order chi connectivity index (χ1) is 10.1. The van der Waals surface area contributed by atoms with E-state index in [0.29, 0.717) is 10.8 Å². The van der Waals surface area contributed by atoms with Crippen LogP contribution in [0.4, 0.5) is 5.69 Å². The van der Waals surface area contributed by atoms with Crippen molar-refractivity contribution in [3.8, 4) is 0 Å². The smallest absolute Gasteiger partial charge is 0.340 e. The minimum absolute atomic E-state index is 0.126. The lowest BCUT2D eigenvalue weighted by Gasteiger charge is -2.07. The van der Waals surface area contributed by atoms with Crippen molar-refractivity contribution in [1.82, 2.24) is 5.32 Å². The van der Waals surface area contributed by atoms with E-state index in [-0.39, 0.29) is 17.8 Å². The second-order valence-corrected chi connectivity index (χ2v) is 4.60. The van der Waals surface area contributed by atoms with Crippen molar-refractivity contribution in [3.63, 3.8) is 0 Å². The molecule has 1 aromatic heterocycles. The van der Waals surface area contributed by atoms with Gasteiger partial charge in [-0.15, -0.1) is 0 Å². The predicted octanol–water partition coefficient (Wildman–Crippen LogP) is 1.99. The molecule has 1 amide bonds. The summed E-state index contributed by atoms with van der Waals surface area (Å²) in [6.07, 6.45) is 1.50. The molecule has 0 atom stereocenters. The minimum Gasteiger partial charge on any atom is -0.467 e. The molecule has 6 nitrogen and oxygen atoms in total. The molecule has 0 bridgehead atoms. The minimum atomic E-state index is -0.705. The number of hydrogen-bond acceptors (Lipinski definition) is 5. The molecule has 0 unspecified atom stereocenters. The number of esters is 1. The number of nitrogens with two attached hydrogens (primary N) is 1. The molecule has 0 radical (unpaired) electrons. The van der Waals surface area contributed by atoms with Crippen molar-refractivity contribution in [1.29, 1.82) is 0 Å². The van der Waals surface area contributed by atoms with Gasteiger partial charge in [0.05, 0.1) is 18.4 Å². The molecule has 0 aliphatic heterocycles. The Morgan fingerprint density at radius 3 is 2.86 bits per heavy atom. The fourth-order valence-electron chi connectivity index (χ4n) is 1.56. The first kappa shape index (κ1) is 14.9. The molecule has 21 heavy (non-hydrogen) atoms. The average Bonchev–Trinajstić information content (AvgIpc) is 2.98. The Morgan fingerprint density at radius 1 is 1.33 bits per heavy atom. The lowest BCUT2D eigenvalue weighted by atomic mass is 10.2. The van der Waals surface area contributed by atoms with Crippen LogP contribution in [0.25, 0.3) is 0 Å². The van der Waals surface area contributed by atoms with Crippen LogP contribution in [0, 0.1) is 0 Å². The number of carbonyl (C=O) groups is 2. The normalized spacial score (nSPS) is 10.1. The number of hydrogen-bond donors (Lipinski definition) is 2. The largest absolute Gasteiger partial charge is 0.467 e. The molecule has 3 N–H and O–H groups in total. The van der Waals surface area contributed by atoms with Crippen molar-refractivity contribution in [2.75, 3.05) is 12.3 Å². The van der Waals surface area contributed by atoms with E-state index in [1.54, 1.807) is 18.2 Å². The summed E-state index contributed by atoms with van der Waals surface area (Å²) in [6, 6.07) is 7.88. The van der Waals surface area contributed by atoms with Crippen LogP contribution in [0.2, 0.25) is 5.02 Å². The van der Waals surface area contributed by atoms with E-state index in [2.05, 4.69) is 5.32 Å². The monoisotopic (exact) mass is 308 g/mol. The van der Waals surface area contributed by atoms with Crippen molar-refractivity contribution in [3.05, 3.63) is 52.9 Å². The molecule has 0 aliphatic rings. The Hall–Kier alpha value is -2.47. The standard InChI is InChI=1S/C14H13ClN2O4/c15-9-3-4-12(16)11(6-9)14(19)21-8-13(18)17-7-10-2-1-5-20-10/h1-6H,7-8,16H2,(H,17,18). The van der Waals surface area contributed by atoms with Gasteiger partial charge in [-0.2, -0.15) is 0 Å². The summed E-state index contributed by atoms with van der Waals surface area (Å²) in [5.41, 5.74) is 6.01. The van der Waals surface area contributed by atoms with Crippen LogP contribution in [-0.2, 0) is 16.1 Å². The topological polar surface area (TPSA) is 94.6 Å². The zero-order valence-electron chi connectivity index (χ0n) is 11.0. The molecule has 1 aromatic carbocycles. The van der Waals surface area contributed by atoms with Crippen LogP contribution >= 0.6 is 11.6 Å². The second kappa shape index (κ2) is 6.81. The van der Waals surface area contributed by atoms with Crippen LogP contribution in [0.15, 0.2) is 41.0 Å². The van der Waals surface area contributed by atoms with E-state index >= 15 is 0 Å². The molecule has 0 spiro atoms. The number of amides is 1. The van der Waals surface area contributed by atoms with E-state index in [1.807, 2.05) is 0 Å². The molecule has 0 saturated carbocycles. The van der Waals surface area contributed by atoms with Gasteiger partial charge in [0.25, 0.3) is 5.91 Å². The van der Waals surface area contributed by atoms with Crippen molar-refractivity contribution < 1.29 is 18.7 Å². The number of rotatable bonds is 5. The highest BCUT2D eigenvalue weighted by Crippen LogP contribution is 2.18. The number of halogens is 1. The highest BCUT2D eigenvalue weighted by atomic mass is 35.5. The van der Waals surface area contributed by atoms with Crippen LogP contribution in [0.5, 0.6) is 0 Å². The maximum absolute atomic E-state index is 11.8. The lowest BCUT2D eigenvalue weighted by Crippen LogP contribution is -2.28. The van der Waals surface area contributed by atoms with Crippen molar-refractivity contribution >= 4 is 29.2 Å². The van der Waals surface area contributed by atoms with Crippen molar-refractivity contribution in [2.24, 2.45) is 0 Å². The Labute approximate surface area is 125 Å². The Kier molecular flexibility index (Phi) is 4.84. The fraction of sp³-hybridized carbons (Fsp3) is 0.143. The highest BCUT2D eigenvalue weighted by Gasteiger charge is 2.13. The van der Waals surface area contributed by atoms with Gasteiger partial charge >= 0.3 is 5.97 Å². The number of anilines is 1. The molecule has 110 valence electrons. The fourth-order valence-corrected chi connectivity index (χ4v) is 1.74. The van der Waals surface area contributed by atoms with Gasteiger partial charge in [-0.1, -0.05) is 11.6 Å². The van der Waals surface area contributed by atoms with Gasteiger partial charge in [0.1, 0.15) is 5.76 Å². The van der Waals surface area contributed by atoms with Crippen LogP contribution in [0.3, 0.4) is 0 Å². The van der Waals surface area contributed by atoms with Crippen LogP contribution < -0.4 is 11.1 Å². The van der Waals surface area contributed by atoms with E-state index < -0.39 is 18.5 Å². The number of furan rings is 1. The third-order valence-corrected chi connectivity index (χ3v) is 2.84. The summed E-state index contributed by atoms with van der Waals surface area (Å²) in [5, 5.41) is 2.91. The summed E-state index contributed by atoms with van der Waals surface area (Å²) in [6.45, 7) is -0.186. The maximum atomic E-state index is 11.8. The first-order valence-electron chi connectivity index (χ1n) is 6.07. The second-order valence-electron chi connectivity index (χ2n) is 4.16. The number of benzene rings is 1. The van der Waals surface area contributed by atoms with E-state index in [1.165, 1.54) is 18.4 Å². The summed E-state index contributed by atoms with van der Waals surface area (Å²) < 4.78 is 9.93. The Bertz CT molecular complexity index is 640. The number of carbonyl (C=O) groups excluding carboxylic acids is 2. The van der Waals surface area contributed by atoms with E-state index in [4.69, 9.17) is 26.5 Å². The molecule has 7 heteroatoms. The van der Waals surface area contributed by atoms with Crippen molar-refractivity contribution in [2.45, 2.75) is 6.54 Å². The number of ether oxygens (including phenoxy) is 1. The summed E-state index contributed by atoms with van der Waals surface area (Å²) in [4.78, 5) is 23.3. The molecule has 0 aliphatic carbocycles. The predicted molar refractivity (Wildman–Crippen MR) is 76.7 cm³/mol. The first-order valence-corrected chi connectivity index (χ1v) is 6.45. The highest BCUT2D eigenvalue weighted by molar-refractivity contribution is 6.31. The maximum Gasteiger partial charge on any atom is 0.340 e. The number of nitrogens with one attached hydrogen (secondary N) is 1. The molecule has 0 fully saturated rings. The zero-order valence-corrected chi connectivity index (χ0v) is 11.7. The molecule has 0 saturated heterocycles. The molecular weight excluding hydrogens is 296 g/mol. The van der Waals surface area contributed by atoms with E-state index in [0.717, 1.165) is 0 Å². The summed E-state index contributed by atoms with van der Waals surface area (Å²) in [7, 11) is 0. The molecule has 2 aromatic rings. The van der Waals surface area contributed by atoms with Gasteiger partial charge in [-0.25, -0.2) is 4.79 Å². The lowest BCUT2D eigenvalue weighted by molar-refractivity contribution is -0.124. The van der Waals surface area contributed by atoms with Gasteiger partial charge in [0.15, 0.2) is 6.61 Å². The molecule has 1 heterocycles.